The minimum absolute atomic E-state index is 0.117. The number of nitriles is 1. The molecular weight excluding hydrogens is 266 g/mol. The zero-order valence-electron chi connectivity index (χ0n) is 9.48. The number of hydrogen-bond acceptors (Lipinski definition) is 4. The molecule has 2 heterocycles. The molecule has 0 aliphatic heterocycles. The third-order valence-corrected chi connectivity index (χ3v) is 2.88. The molecule has 3 rings (SSSR count). The number of furan rings is 1. The van der Waals surface area contributed by atoms with Crippen LogP contribution < -0.4 is 5.56 Å². The second-order valence-corrected chi connectivity index (χ2v) is 4.26. The molecule has 0 radical (unpaired) electrons. The first-order valence-corrected chi connectivity index (χ1v) is 5.75. The number of nitrogens with zero attached hydrogens (tertiary/aromatic N) is 2. The normalized spacial score (nSPS) is 10.5. The predicted octanol–water partition coefficient (Wildman–Crippen LogP) is 2.71. The molecule has 1 N–H and O–H groups in total. The van der Waals surface area contributed by atoms with Gasteiger partial charge in [-0.25, -0.2) is 5.10 Å². The Hall–Kier alpha value is -2.58. The molecule has 0 saturated heterocycles. The average Bonchev–Trinajstić information content (AvgIpc) is 2.82. The van der Waals surface area contributed by atoms with E-state index in [0.29, 0.717) is 27.8 Å². The summed E-state index contributed by atoms with van der Waals surface area (Å²) in [5.74, 6) is 0. The molecule has 0 bridgehead atoms. The van der Waals surface area contributed by atoms with Crippen molar-refractivity contribution in [3.8, 4) is 17.3 Å². The summed E-state index contributed by atoms with van der Waals surface area (Å²) in [4.78, 5) is 11.6. The fraction of sp³-hybridized carbons (Fsp3) is 0. The van der Waals surface area contributed by atoms with E-state index in [1.807, 2.05) is 6.07 Å². The Balaban J connectivity index is 2.34. The van der Waals surface area contributed by atoms with Crippen LogP contribution in [-0.2, 0) is 0 Å². The molecule has 0 atom stereocenters. The summed E-state index contributed by atoms with van der Waals surface area (Å²) in [6.07, 6.45) is 0. The van der Waals surface area contributed by atoms with Gasteiger partial charge in [0.1, 0.15) is 5.69 Å². The number of hydrogen-bond donors (Lipinski definition) is 1. The van der Waals surface area contributed by atoms with Crippen LogP contribution in [0.1, 0.15) is 5.56 Å². The van der Waals surface area contributed by atoms with Crippen molar-refractivity contribution in [2.45, 2.75) is 0 Å². The lowest BCUT2D eigenvalue weighted by atomic mass is 10.1. The SMILES string of the molecule is N#Cc1cccc(-c2n[nH]c(=O)c3cc(Cl)oc23)c1. The Labute approximate surface area is 112 Å². The van der Waals surface area contributed by atoms with Crippen molar-refractivity contribution in [3.63, 3.8) is 0 Å². The van der Waals surface area contributed by atoms with Gasteiger partial charge in [0.15, 0.2) is 10.8 Å². The summed E-state index contributed by atoms with van der Waals surface area (Å²) in [7, 11) is 0. The largest absolute Gasteiger partial charge is 0.442 e. The number of halogens is 1. The van der Waals surface area contributed by atoms with Crippen LogP contribution in [0, 0.1) is 11.3 Å². The summed E-state index contributed by atoms with van der Waals surface area (Å²) < 4.78 is 5.31. The first kappa shape index (κ1) is 11.5. The summed E-state index contributed by atoms with van der Waals surface area (Å²) >= 11 is 5.77. The van der Waals surface area contributed by atoms with Gasteiger partial charge in [-0.2, -0.15) is 10.4 Å². The molecular formula is C13H6ClN3O2. The number of nitrogens with one attached hydrogen (secondary N) is 1. The van der Waals surface area contributed by atoms with Crippen LogP contribution in [0.5, 0.6) is 0 Å². The zero-order chi connectivity index (χ0) is 13.4. The number of aromatic nitrogens is 2. The summed E-state index contributed by atoms with van der Waals surface area (Å²) in [6, 6.07) is 10.3. The highest BCUT2D eigenvalue weighted by atomic mass is 35.5. The molecule has 19 heavy (non-hydrogen) atoms. The van der Waals surface area contributed by atoms with E-state index < -0.39 is 0 Å². The summed E-state index contributed by atoms with van der Waals surface area (Å²) in [5.41, 5.74) is 1.55. The highest BCUT2D eigenvalue weighted by molar-refractivity contribution is 6.29. The Kier molecular flexibility index (Phi) is 2.58. The van der Waals surface area contributed by atoms with Crippen LogP contribution in [0.2, 0.25) is 5.22 Å². The highest BCUT2D eigenvalue weighted by Gasteiger charge is 2.14. The van der Waals surface area contributed by atoms with Gasteiger partial charge < -0.3 is 4.42 Å². The van der Waals surface area contributed by atoms with Crippen molar-refractivity contribution in [2.24, 2.45) is 0 Å². The molecule has 0 saturated carbocycles. The smallest absolute Gasteiger partial charge is 0.275 e. The van der Waals surface area contributed by atoms with Crippen LogP contribution >= 0.6 is 11.6 Å². The minimum Gasteiger partial charge on any atom is -0.442 e. The van der Waals surface area contributed by atoms with Crippen LogP contribution in [0.15, 0.2) is 39.5 Å². The van der Waals surface area contributed by atoms with Crippen molar-refractivity contribution < 1.29 is 4.42 Å². The molecule has 0 fully saturated rings. The molecule has 5 nitrogen and oxygen atoms in total. The number of H-pyrrole nitrogens is 1. The Morgan fingerprint density at radius 2 is 2.21 bits per heavy atom. The van der Waals surface area contributed by atoms with Gasteiger partial charge in [0.25, 0.3) is 5.56 Å². The van der Waals surface area contributed by atoms with Gasteiger partial charge in [-0.1, -0.05) is 12.1 Å². The maximum absolute atomic E-state index is 11.6. The highest BCUT2D eigenvalue weighted by Crippen LogP contribution is 2.28. The second-order valence-electron chi connectivity index (χ2n) is 3.89. The number of aromatic amines is 1. The van der Waals surface area contributed by atoms with Crippen LogP contribution in [0.25, 0.3) is 22.2 Å². The van der Waals surface area contributed by atoms with E-state index in [0.717, 1.165) is 0 Å². The first-order chi connectivity index (χ1) is 9.19. The van der Waals surface area contributed by atoms with Gasteiger partial charge >= 0.3 is 0 Å². The van der Waals surface area contributed by atoms with E-state index in [-0.39, 0.29) is 10.8 Å². The molecule has 0 spiro atoms. The third-order valence-electron chi connectivity index (χ3n) is 2.70. The average molecular weight is 272 g/mol. The molecule has 3 aromatic rings. The fourth-order valence-corrected chi connectivity index (χ4v) is 2.04. The Morgan fingerprint density at radius 3 is 3.00 bits per heavy atom. The number of rotatable bonds is 1. The van der Waals surface area contributed by atoms with Gasteiger partial charge in [0, 0.05) is 11.6 Å². The van der Waals surface area contributed by atoms with Gasteiger partial charge in [-0.3, -0.25) is 4.79 Å². The topological polar surface area (TPSA) is 82.7 Å². The van der Waals surface area contributed by atoms with Gasteiger partial charge in [0.2, 0.25) is 0 Å². The van der Waals surface area contributed by atoms with Crippen molar-refractivity contribution in [2.75, 3.05) is 0 Å². The Morgan fingerprint density at radius 1 is 1.37 bits per heavy atom. The van der Waals surface area contributed by atoms with E-state index in [1.165, 1.54) is 6.07 Å². The minimum atomic E-state index is -0.370. The lowest BCUT2D eigenvalue weighted by Crippen LogP contribution is -2.07. The maximum Gasteiger partial charge on any atom is 0.275 e. The van der Waals surface area contributed by atoms with Crippen molar-refractivity contribution in [1.29, 1.82) is 5.26 Å². The van der Waals surface area contributed by atoms with Crippen molar-refractivity contribution in [3.05, 3.63) is 51.5 Å². The van der Waals surface area contributed by atoms with Crippen molar-refractivity contribution in [1.82, 2.24) is 10.2 Å². The monoisotopic (exact) mass is 271 g/mol. The summed E-state index contributed by atoms with van der Waals surface area (Å²) in [5, 5.41) is 15.7. The van der Waals surface area contributed by atoms with Gasteiger partial charge in [-0.15, -0.1) is 0 Å². The fourth-order valence-electron chi connectivity index (χ4n) is 1.85. The molecule has 2 aromatic heterocycles. The van der Waals surface area contributed by atoms with Crippen LogP contribution in [0.3, 0.4) is 0 Å². The first-order valence-electron chi connectivity index (χ1n) is 5.37. The van der Waals surface area contributed by atoms with E-state index in [2.05, 4.69) is 10.2 Å². The molecule has 0 aliphatic rings. The third kappa shape index (κ3) is 1.88. The quantitative estimate of drug-likeness (QED) is 0.737. The molecule has 92 valence electrons. The van der Waals surface area contributed by atoms with Crippen LogP contribution in [-0.4, -0.2) is 10.2 Å². The lowest BCUT2D eigenvalue weighted by molar-refractivity contribution is 0.616. The molecule has 1 aromatic carbocycles. The molecule has 0 unspecified atom stereocenters. The molecule has 0 amide bonds. The van der Waals surface area contributed by atoms with Crippen molar-refractivity contribution >= 4 is 22.6 Å². The number of fused-ring (bicyclic) bond motifs is 1. The second kappa shape index (κ2) is 4.26. The van der Waals surface area contributed by atoms with Gasteiger partial charge in [-0.05, 0) is 23.7 Å². The van der Waals surface area contributed by atoms with Gasteiger partial charge in [0.05, 0.1) is 17.0 Å². The molecule has 6 heteroatoms. The van der Waals surface area contributed by atoms with E-state index >= 15 is 0 Å². The van der Waals surface area contributed by atoms with E-state index in [9.17, 15) is 4.79 Å². The lowest BCUT2D eigenvalue weighted by Gasteiger charge is -2.01. The van der Waals surface area contributed by atoms with E-state index in [4.69, 9.17) is 21.3 Å². The standard InChI is InChI=1S/C13H6ClN3O2/c14-10-5-9-12(19-10)11(16-17-13(9)18)8-3-1-2-7(4-8)6-15/h1-5H,(H,17,18). The Bertz CT molecular complexity index is 873. The number of benzene rings is 1. The summed E-state index contributed by atoms with van der Waals surface area (Å²) in [6.45, 7) is 0. The zero-order valence-corrected chi connectivity index (χ0v) is 10.2. The predicted molar refractivity (Wildman–Crippen MR) is 69.8 cm³/mol. The van der Waals surface area contributed by atoms with Crippen LogP contribution in [0.4, 0.5) is 0 Å². The van der Waals surface area contributed by atoms with E-state index in [1.54, 1.807) is 24.3 Å². The molecule has 0 aliphatic carbocycles. The maximum atomic E-state index is 11.6.